The molecular formula is C14H24N4O2. The topological polar surface area (TPSA) is 76.1 Å². The number of carbonyl (C=O) groups is 1. The van der Waals surface area contributed by atoms with Crippen LogP contribution in [0.15, 0.2) is 12.3 Å². The molecule has 0 spiro atoms. The minimum absolute atomic E-state index is 0.0328. The SMILES string of the molecule is CO[C@@H](C)C(=O)NC[C@@H](C)Nc1nccc(C(C)C)n1. The Morgan fingerprint density at radius 2 is 2.05 bits per heavy atom. The third kappa shape index (κ3) is 5.13. The number of aromatic nitrogens is 2. The summed E-state index contributed by atoms with van der Waals surface area (Å²) in [5.41, 5.74) is 0.992. The lowest BCUT2D eigenvalue weighted by Crippen LogP contribution is -2.40. The van der Waals surface area contributed by atoms with Crippen LogP contribution in [0.3, 0.4) is 0 Å². The minimum Gasteiger partial charge on any atom is -0.372 e. The molecule has 0 aliphatic carbocycles. The molecule has 1 aromatic rings. The maximum absolute atomic E-state index is 11.6. The van der Waals surface area contributed by atoms with Crippen molar-refractivity contribution in [3.05, 3.63) is 18.0 Å². The molecule has 6 nitrogen and oxygen atoms in total. The number of rotatable bonds is 7. The van der Waals surface area contributed by atoms with Crippen LogP contribution in [0.25, 0.3) is 0 Å². The van der Waals surface area contributed by atoms with Crippen LogP contribution < -0.4 is 10.6 Å². The number of amides is 1. The van der Waals surface area contributed by atoms with E-state index in [-0.39, 0.29) is 11.9 Å². The van der Waals surface area contributed by atoms with E-state index < -0.39 is 6.10 Å². The van der Waals surface area contributed by atoms with E-state index in [2.05, 4.69) is 34.4 Å². The molecule has 0 bridgehead atoms. The number of anilines is 1. The third-order valence-corrected chi connectivity index (χ3v) is 2.95. The number of hydrogen-bond donors (Lipinski definition) is 2. The number of carbonyl (C=O) groups excluding carboxylic acids is 1. The van der Waals surface area contributed by atoms with Gasteiger partial charge in [-0.3, -0.25) is 4.79 Å². The van der Waals surface area contributed by atoms with Crippen LogP contribution in [0.1, 0.15) is 39.3 Å². The standard InChI is InChI=1S/C14H24N4O2/c1-9(2)12-6-7-15-14(18-12)17-10(3)8-16-13(19)11(4)20-5/h6-7,9-11H,8H2,1-5H3,(H,16,19)(H,15,17,18)/t10-,11+/m1/s1. The zero-order valence-electron chi connectivity index (χ0n) is 12.8. The van der Waals surface area contributed by atoms with Crippen molar-refractivity contribution in [2.24, 2.45) is 0 Å². The summed E-state index contributed by atoms with van der Waals surface area (Å²) in [6.45, 7) is 8.33. The quantitative estimate of drug-likeness (QED) is 0.792. The van der Waals surface area contributed by atoms with Gasteiger partial charge in [0.2, 0.25) is 11.9 Å². The first-order valence-electron chi connectivity index (χ1n) is 6.84. The van der Waals surface area contributed by atoms with Gasteiger partial charge in [-0.15, -0.1) is 0 Å². The van der Waals surface area contributed by atoms with Gasteiger partial charge in [0.15, 0.2) is 0 Å². The second-order valence-electron chi connectivity index (χ2n) is 5.13. The first kappa shape index (κ1) is 16.4. The van der Waals surface area contributed by atoms with E-state index in [1.54, 1.807) is 13.1 Å². The van der Waals surface area contributed by atoms with E-state index in [4.69, 9.17) is 4.74 Å². The summed E-state index contributed by atoms with van der Waals surface area (Å²) in [6.07, 6.45) is 1.30. The highest BCUT2D eigenvalue weighted by Gasteiger charge is 2.13. The second-order valence-corrected chi connectivity index (χ2v) is 5.13. The Bertz CT molecular complexity index is 437. The molecule has 0 radical (unpaired) electrons. The monoisotopic (exact) mass is 280 g/mol. The molecule has 0 aromatic carbocycles. The molecule has 0 fully saturated rings. The van der Waals surface area contributed by atoms with Gasteiger partial charge in [0.25, 0.3) is 0 Å². The highest BCUT2D eigenvalue weighted by atomic mass is 16.5. The largest absolute Gasteiger partial charge is 0.372 e. The Labute approximate surface area is 120 Å². The second kappa shape index (κ2) is 7.79. The molecule has 1 amide bonds. The summed E-state index contributed by atoms with van der Waals surface area (Å²) >= 11 is 0. The molecule has 1 aromatic heterocycles. The van der Waals surface area contributed by atoms with Gasteiger partial charge in [-0.1, -0.05) is 13.8 Å². The molecule has 0 aliphatic rings. The first-order valence-corrected chi connectivity index (χ1v) is 6.84. The smallest absolute Gasteiger partial charge is 0.248 e. The fraction of sp³-hybridized carbons (Fsp3) is 0.643. The predicted molar refractivity (Wildman–Crippen MR) is 78.7 cm³/mol. The molecule has 0 aliphatic heterocycles. The summed E-state index contributed by atoms with van der Waals surface area (Å²) in [4.78, 5) is 20.2. The highest BCUT2D eigenvalue weighted by Crippen LogP contribution is 2.12. The van der Waals surface area contributed by atoms with Crippen LogP contribution in [-0.2, 0) is 9.53 Å². The van der Waals surface area contributed by atoms with Crippen LogP contribution in [0.5, 0.6) is 0 Å². The van der Waals surface area contributed by atoms with Gasteiger partial charge in [0, 0.05) is 31.6 Å². The average molecular weight is 280 g/mol. The Morgan fingerprint density at radius 1 is 1.35 bits per heavy atom. The molecule has 0 saturated heterocycles. The van der Waals surface area contributed by atoms with Gasteiger partial charge in [-0.05, 0) is 25.8 Å². The maximum atomic E-state index is 11.6. The van der Waals surface area contributed by atoms with Gasteiger partial charge in [0.1, 0.15) is 6.10 Å². The summed E-state index contributed by atoms with van der Waals surface area (Å²) in [6, 6.07) is 1.94. The number of nitrogens with zero attached hydrogens (tertiary/aromatic N) is 2. The van der Waals surface area contributed by atoms with E-state index in [1.165, 1.54) is 7.11 Å². The Kier molecular flexibility index (Phi) is 6.38. The van der Waals surface area contributed by atoms with E-state index in [0.717, 1.165) is 5.69 Å². The molecule has 0 saturated carbocycles. The predicted octanol–water partition coefficient (Wildman–Crippen LogP) is 1.55. The van der Waals surface area contributed by atoms with Crippen LogP contribution in [0.4, 0.5) is 5.95 Å². The third-order valence-electron chi connectivity index (χ3n) is 2.95. The van der Waals surface area contributed by atoms with Crippen LogP contribution >= 0.6 is 0 Å². The van der Waals surface area contributed by atoms with Gasteiger partial charge in [-0.25, -0.2) is 9.97 Å². The zero-order chi connectivity index (χ0) is 15.1. The van der Waals surface area contributed by atoms with Crippen molar-refractivity contribution in [3.63, 3.8) is 0 Å². The maximum Gasteiger partial charge on any atom is 0.248 e. The van der Waals surface area contributed by atoms with Gasteiger partial charge < -0.3 is 15.4 Å². The summed E-state index contributed by atoms with van der Waals surface area (Å²) in [5, 5.41) is 5.98. The summed E-state index contributed by atoms with van der Waals surface area (Å²) < 4.78 is 4.95. The van der Waals surface area contributed by atoms with E-state index in [0.29, 0.717) is 18.4 Å². The fourth-order valence-electron chi connectivity index (χ4n) is 1.54. The minimum atomic E-state index is -0.442. The lowest BCUT2D eigenvalue weighted by Gasteiger charge is -2.17. The summed E-state index contributed by atoms with van der Waals surface area (Å²) in [5.74, 6) is 0.812. The van der Waals surface area contributed by atoms with Gasteiger partial charge in [0.05, 0.1) is 0 Å². The molecule has 20 heavy (non-hydrogen) atoms. The van der Waals surface area contributed by atoms with Crippen molar-refractivity contribution >= 4 is 11.9 Å². The number of hydrogen-bond acceptors (Lipinski definition) is 5. The number of nitrogens with one attached hydrogen (secondary N) is 2. The number of methoxy groups -OCH3 is 1. The summed E-state index contributed by atoms with van der Waals surface area (Å²) in [7, 11) is 1.51. The van der Waals surface area contributed by atoms with Crippen molar-refractivity contribution in [1.82, 2.24) is 15.3 Å². The van der Waals surface area contributed by atoms with Crippen molar-refractivity contribution in [2.45, 2.75) is 45.8 Å². The van der Waals surface area contributed by atoms with Crippen LogP contribution in [0, 0.1) is 0 Å². The van der Waals surface area contributed by atoms with Crippen LogP contribution in [0.2, 0.25) is 0 Å². The van der Waals surface area contributed by atoms with E-state index >= 15 is 0 Å². The number of ether oxygens (including phenoxy) is 1. The molecule has 0 unspecified atom stereocenters. The van der Waals surface area contributed by atoms with Crippen molar-refractivity contribution in [3.8, 4) is 0 Å². The lowest BCUT2D eigenvalue weighted by molar-refractivity contribution is -0.130. The Morgan fingerprint density at radius 3 is 2.65 bits per heavy atom. The van der Waals surface area contributed by atoms with Gasteiger partial charge in [-0.2, -0.15) is 0 Å². The lowest BCUT2D eigenvalue weighted by atomic mass is 10.1. The van der Waals surface area contributed by atoms with Crippen molar-refractivity contribution in [1.29, 1.82) is 0 Å². The molecule has 1 heterocycles. The first-order chi connectivity index (χ1) is 9.43. The van der Waals surface area contributed by atoms with Crippen molar-refractivity contribution in [2.75, 3.05) is 19.0 Å². The Balaban J connectivity index is 2.48. The molecule has 2 atom stereocenters. The normalized spacial score (nSPS) is 13.9. The van der Waals surface area contributed by atoms with E-state index in [9.17, 15) is 4.79 Å². The Hall–Kier alpha value is -1.69. The highest BCUT2D eigenvalue weighted by molar-refractivity contribution is 5.80. The fourth-order valence-corrected chi connectivity index (χ4v) is 1.54. The average Bonchev–Trinajstić information content (AvgIpc) is 2.44. The molecule has 6 heteroatoms. The van der Waals surface area contributed by atoms with Crippen molar-refractivity contribution < 1.29 is 9.53 Å². The molecular weight excluding hydrogens is 256 g/mol. The van der Waals surface area contributed by atoms with Crippen LogP contribution in [-0.4, -0.2) is 41.7 Å². The zero-order valence-corrected chi connectivity index (χ0v) is 12.8. The molecule has 1 rings (SSSR count). The molecule has 112 valence electrons. The molecule has 2 N–H and O–H groups in total. The van der Waals surface area contributed by atoms with E-state index in [1.807, 2.05) is 13.0 Å². The van der Waals surface area contributed by atoms with Gasteiger partial charge >= 0.3 is 0 Å².